The fourth-order valence-corrected chi connectivity index (χ4v) is 5.59. The molecule has 1 aliphatic rings. The van der Waals surface area contributed by atoms with Gasteiger partial charge in [0, 0.05) is 10.4 Å². The highest BCUT2D eigenvalue weighted by Crippen LogP contribution is 2.38. The Balaban J connectivity index is 1.37. The van der Waals surface area contributed by atoms with Crippen LogP contribution in [0.4, 0.5) is 9.39 Å². The summed E-state index contributed by atoms with van der Waals surface area (Å²) in [7, 11) is 0. The first-order chi connectivity index (χ1) is 18.8. The van der Waals surface area contributed by atoms with Crippen molar-refractivity contribution in [2.75, 3.05) is 11.9 Å². The number of ether oxygens (including phenoxy) is 2. The van der Waals surface area contributed by atoms with Crippen molar-refractivity contribution in [3.8, 4) is 5.75 Å². The Morgan fingerprint density at radius 1 is 1.08 bits per heavy atom. The van der Waals surface area contributed by atoms with Gasteiger partial charge in [-0.25, -0.2) is 14.6 Å². The van der Waals surface area contributed by atoms with E-state index in [1.54, 1.807) is 44.2 Å². The van der Waals surface area contributed by atoms with E-state index in [-0.39, 0.29) is 23.8 Å². The first-order valence-electron chi connectivity index (χ1n) is 12.4. The minimum atomic E-state index is -0.975. The smallest absolute Gasteiger partial charge is 0.341 e. The largest absolute Gasteiger partial charge is 0.489 e. The fraction of sp³-hybridized carbons (Fsp3) is 0.286. The summed E-state index contributed by atoms with van der Waals surface area (Å²) in [5, 5.41) is 7.17. The first-order valence-corrected chi connectivity index (χ1v) is 13.6. The highest BCUT2D eigenvalue weighted by Gasteiger charge is 2.28. The van der Waals surface area contributed by atoms with Crippen LogP contribution in [0.1, 0.15) is 58.6 Å². The van der Waals surface area contributed by atoms with Crippen LogP contribution in [0.15, 0.2) is 47.6 Å². The van der Waals surface area contributed by atoms with Gasteiger partial charge in [-0.1, -0.05) is 17.7 Å². The van der Waals surface area contributed by atoms with Crippen molar-refractivity contribution in [2.45, 2.75) is 46.1 Å². The molecule has 204 valence electrons. The van der Waals surface area contributed by atoms with E-state index in [1.807, 2.05) is 0 Å². The van der Waals surface area contributed by atoms with E-state index in [9.17, 15) is 18.8 Å². The highest BCUT2D eigenvalue weighted by atomic mass is 35.5. The van der Waals surface area contributed by atoms with Gasteiger partial charge < -0.3 is 14.8 Å². The van der Waals surface area contributed by atoms with Crippen LogP contribution >= 0.6 is 22.9 Å². The zero-order chi connectivity index (χ0) is 27.9. The first kappa shape index (κ1) is 28.3. The summed E-state index contributed by atoms with van der Waals surface area (Å²) in [6.07, 6.45) is 3.50. The molecule has 0 radical (unpaired) electrons. The predicted molar refractivity (Wildman–Crippen MR) is 148 cm³/mol. The van der Waals surface area contributed by atoms with Crippen molar-refractivity contribution in [1.29, 1.82) is 0 Å². The maximum atomic E-state index is 13.9. The Hall–Kier alpha value is -3.76. The van der Waals surface area contributed by atoms with Gasteiger partial charge in [-0.2, -0.15) is 5.10 Å². The lowest BCUT2D eigenvalue weighted by Crippen LogP contribution is -2.33. The molecule has 0 saturated carbocycles. The average molecular weight is 572 g/mol. The number of carbonyl (C=O) groups is 3. The van der Waals surface area contributed by atoms with Crippen molar-refractivity contribution in [2.24, 2.45) is 5.10 Å². The predicted octanol–water partition coefficient (Wildman–Crippen LogP) is 5.65. The van der Waals surface area contributed by atoms with Crippen molar-refractivity contribution in [3.63, 3.8) is 0 Å². The molecule has 2 N–H and O–H groups in total. The molecule has 3 aromatic rings. The third kappa shape index (κ3) is 6.82. The van der Waals surface area contributed by atoms with Crippen LogP contribution in [0.3, 0.4) is 0 Å². The number of amides is 2. The lowest BCUT2D eigenvalue weighted by Gasteiger charge is -2.12. The Labute approximate surface area is 234 Å². The number of hydrogen-bond donors (Lipinski definition) is 2. The van der Waals surface area contributed by atoms with Crippen LogP contribution in [-0.2, 0) is 33.8 Å². The van der Waals surface area contributed by atoms with E-state index in [4.69, 9.17) is 21.1 Å². The number of rotatable bonds is 8. The van der Waals surface area contributed by atoms with Gasteiger partial charge in [-0.15, -0.1) is 11.3 Å². The summed E-state index contributed by atoms with van der Waals surface area (Å²) in [6.45, 7) is 3.55. The summed E-state index contributed by atoms with van der Waals surface area (Å²) in [5.41, 5.74) is 4.84. The van der Waals surface area contributed by atoms with Gasteiger partial charge in [0.1, 0.15) is 23.2 Å². The number of halogens is 2. The molecule has 39 heavy (non-hydrogen) atoms. The topological polar surface area (TPSA) is 106 Å². The third-order valence-electron chi connectivity index (χ3n) is 6.13. The van der Waals surface area contributed by atoms with Gasteiger partial charge in [-0.05, 0) is 87.1 Å². The van der Waals surface area contributed by atoms with Crippen molar-refractivity contribution >= 4 is 51.4 Å². The van der Waals surface area contributed by atoms with Crippen LogP contribution in [0.2, 0.25) is 5.02 Å². The second-order valence-electron chi connectivity index (χ2n) is 8.74. The Morgan fingerprint density at radius 3 is 2.54 bits per heavy atom. The maximum Gasteiger partial charge on any atom is 0.341 e. The molecular weight excluding hydrogens is 545 g/mol. The standard InChI is InChI=1S/C28H27ClFN3O5S/c1-3-37-28(36)24-19-7-4-5-10-23(19)39-27(24)31-25(34)26(35)33-32-16(2)17-11-13-18(14-12-17)38-15-20-21(29)8-6-9-22(20)30/h6,8-9,11-14H,3-5,7,10,15H2,1-2H3,(H,31,34)(H,33,35)/b32-16+. The molecule has 0 unspecified atom stereocenters. The summed E-state index contributed by atoms with van der Waals surface area (Å²) < 4.78 is 24.7. The van der Waals surface area contributed by atoms with Gasteiger partial charge in [0.15, 0.2) is 0 Å². The minimum absolute atomic E-state index is 0.0335. The van der Waals surface area contributed by atoms with Crippen LogP contribution in [0, 0.1) is 5.82 Å². The summed E-state index contributed by atoms with van der Waals surface area (Å²) in [4.78, 5) is 38.7. The molecule has 1 aromatic heterocycles. The minimum Gasteiger partial charge on any atom is -0.489 e. The number of benzene rings is 2. The quantitative estimate of drug-likeness (QED) is 0.157. The molecule has 1 heterocycles. The summed E-state index contributed by atoms with van der Waals surface area (Å²) in [5.74, 6) is -2.38. The van der Waals surface area contributed by atoms with Crippen molar-refractivity contribution in [1.82, 2.24) is 5.43 Å². The van der Waals surface area contributed by atoms with Gasteiger partial charge in [-0.3, -0.25) is 9.59 Å². The normalized spacial score (nSPS) is 12.9. The van der Waals surface area contributed by atoms with Gasteiger partial charge in [0.05, 0.1) is 22.9 Å². The number of anilines is 1. The fourth-order valence-electron chi connectivity index (χ4n) is 4.10. The van der Waals surface area contributed by atoms with E-state index >= 15 is 0 Å². The van der Waals surface area contributed by atoms with Crippen LogP contribution in [0.25, 0.3) is 0 Å². The lowest BCUT2D eigenvalue weighted by atomic mass is 9.95. The van der Waals surface area contributed by atoms with E-state index in [0.29, 0.717) is 27.6 Å². The molecule has 2 aromatic carbocycles. The Morgan fingerprint density at radius 2 is 1.82 bits per heavy atom. The molecule has 2 amide bonds. The molecule has 8 nitrogen and oxygen atoms in total. The molecular formula is C28H27ClFN3O5S. The Kier molecular flexibility index (Phi) is 9.32. The van der Waals surface area contributed by atoms with Crippen LogP contribution in [-0.4, -0.2) is 30.1 Å². The van der Waals surface area contributed by atoms with Gasteiger partial charge >= 0.3 is 17.8 Å². The van der Waals surface area contributed by atoms with Crippen LogP contribution < -0.4 is 15.5 Å². The number of nitrogens with one attached hydrogen (secondary N) is 2. The van der Waals surface area contributed by atoms with Crippen LogP contribution in [0.5, 0.6) is 5.75 Å². The van der Waals surface area contributed by atoms with Gasteiger partial charge in [0.2, 0.25) is 0 Å². The van der Waals surface area contributed by atoms with E-state index < -0.39 is 23.6 Å². The Bertz CT molecular complexity index is 1400. The number of thiophene rings is 1. The van der Waals surface area contributed by atoms with E-state index in [2.05, 4.69) is 15.8 Å². The number of nitrogens with zero attached hydrogens (tertiary/aromatic N) is 1. The summed E-state index contributed by atoms with van der Waals surface area (Å²) in [6, 6.07) is 11.2. The molecule has 1 aliphatic carbocycles. The van der Waals surface area contributed by atoms with Gasteiger partial charge in [0.25, 0.3) is 0 Å². The molecule has 11 heteroatoms. The second kappa shape index (κ2) is 12.9. The number of aryl methyl sites for hydroxylation is 1. The molecule has 0 aliphatic heterocycles. The number of carbonyl (C=O) groups excluding carboxylic acids is 3. The number of hydrogen-bond acceptors (Lipinski definition) is 7. The lowest BCUT2D eigenvalue weighted by molar-refractivity contribution is -0.136. The number of hydrazone groups is 1. The maximum absolute atomic E-state index is 13.9. The van der Waals surface area contributed by atoms with Crippen molar-refractivity contribution in [3.05, 3.63) is 80.4 Å². The average Bonchev–Trinajstić information content (AvgIpc) is 3.29. The second-order valence-corrected chi connectivity index (χ2v) is 10.3. The molecule has 0 saturated heterocycles. The van der Waals surface area contributed by atoms with E-state index in [1.165, 1.54) is 23.5 Å². The molecule has 4 rings (SSSR count). The molecule has 0 atom stereocenters. The molecule has 0 bridgehead atoms. The zero-order valence-electron chi connectivity index (χ0n) is 21.4. The molecule has 0 spiro atoms. The van der Waals surface area contributed by atoms with E-state index in [0.717, 1.165) is 36.1 Å². The molecule has 0 fully saturated rings. The highest BCUT2D eigenvalue weighted by molar-refractivity contribution is 7.17. The number of esters is 1. The number of fused-ring (bicyclic) bond motifs is 1. The zero-order valence-corrected chi connectivity index (χ0v) is 23.0. The monoisotopic (exact) mass is 571 g/mol. The van der Waals surface area contributed by atoms with Crippen molar-refractivity contribution < 1.29 is 28.2 Å². The third-order valence-corrected chi connectivity index (χ3v) is 7.69. The summed E-state index contributed by atoms with van der Waals surface area (Å²) >= 11 is 7.33. The SMILES string of the molecule is CCOC(=O)c1c(NC(=O)C(=O)N/N=C(\C)c2ccc(OCc3c(F)cccc3Cl)cc2)sc2c1CCCC2.